The summed E-state index contributed by atoms with van der Waals surface area (Å²) in [5.74, 6) is -0.135. The average Bonchev–Trinajstić information content (AvgIpc) is 2.88. The standard InChI is InChI=1S/C15H10Cl2N4O/c16-10-5-3-4-9(8-10)14(22)21-15(18)19-13(20-21)11-6-1-2-7-12(11)17/h1-8H,(H2,18,19,20). The third-order valence-corrected chi connectivity index (χ3v) is 3.58. The van der Waals surface area contributed by atoms with Crippen LogP contribution < -0.4 is 5.73 Å². The lowest BCUT2D eigenvalue weighted by Crippen LogP contribution is -2.16. The molecule has 2 N–H and O–H groups in total. The second-order valence-electron chi connectivity index (χ2n) is 4.50. The Bertz CT molecular complexity index is 860. The Balaban J connectivity index is 2.03. The fourth-order valence-corrected chi connectivity index (χ4v) is 2.38. The molecule has 3 aromatic rings. The van der Waals surface area contributed by atoms with E-state index in [9.17, 15) is 4.79 Å². The minimum absolute atomic E-state index is 0.0140. The van der Waals surface area contributed by atoms with Crippen LogP contribution in [0.3, 0.4) is 0 Å². The van der Waals surface area contributed by atoms with Crippen molar-refractivity contribution in [3.05, 3.63) is 64.1 Å². The molecule has 0 saturated heterocycles. The van der Waals surface area contributed by atoms with Gasteiger partial charge in [0.1, 0.15) is 0 Å². The van der Waals surface area contributed by atoms with Gasteiger partial charge in [-0.3, -0.25) is 4.79 Å². The largest absolute Gasteiger partial charge is 0.368 e. The molecular weight excluding hydrogens is 323 g/mol. The van der Waals surface area contributed by atoms with Crippen LogP contribution in [0.2, 0.25) is 10.0 Å². The Hall–Kier alpha value is -2.37. The van der Waals surface area contributed by atoms with Crippen LogP contribution in [0.15, 0.2) is 48.5 Å². The van der Waals surface area contributed by atoms with Gasteiger partial charge < -0.3 is 5.73 Å². The molecule has 110 valence electrons. The number of hydrogen-bond acceptors (Lipinski definition) is 4. The number of hydrogen-bond donors (Lipinski definition) is 1. The maximum absolute atomic E-state index is 12.4. The van der Waals surface area contributed by atoms with Crippen LogP contribution in [-0.2, 0) is 0 Å². The molecule has 0 saturated carbocycles. The van der Waals surface area contributed by atoms with Crippen LogP contribution in [0.25, 0.3) is 11.4 Å². The molecule has 7 heteroatoms. The van der Waals surface area contributed by atoms with Gasteiger partial charge in [0.05, 0.1) is 5.02 Å². The molecule has 0 radical (unpaired) electrons. The van der Waals surface area contributed by atoms with E-state index in [1.165, 1.54) is 0 Å². The minimum atomic E-state index is -0.411. The summed E-state index contributed by atoms with van der Waals surface area (Å²) in [6, 6.07) is 13.6. The fraction of sp³-hybridized carbons (Fsp3) is 0. The van der Waals surface area contributed by atoms with E-state index in [4.69, 9.17) is 28.9 Å². The average molecular weight is 333 g/mol. The van der Waals surface area contributed by atoms with Gasteiger partial charge in [0.25, 0.3) is 5.91 Å². The van der Waals surface area contributed by atoms with E-state index in [1.807, 2.05) is 0 Å². The molecule has 5 nitrogen and oxygen atoms in total. The van der Waals surface area contributed by atoms with E-state index in [2.05, 4.69) is 10.1 Å². The maximum Gasteiger partial charge on any atom is 0.281 e. The predicted molar refractivity (Wildman–Crippen MR) is 86.1 cm³/mol. The summed E-state index contributed by atoms with van der Waals surface area (Å²) in [5, 5.41) is 5.09. The summed E-state index contributed by atoms with van der Waals surface area (Å²) < 4.78 is 1.03. The lowest BCUT2D eigenvalue weighted by molar-refractivity contribution is 0.0948. The number of carbonyl (C=O) groups is 1. The number of benzene rings is 2. The summed E-state index contributed by atoms with van der Waals surface area (Å²) in [5.41, 5.74) is 6.77. The molecule has 0 fully saturated rings. The summed E-state index contributed by atoms with van der Waals surface area (Å²) in [6.07, 6.45) is 0. The van der Waals surface area contributed by atoms with E-state index in [0.717, 1.165) is 4.68 Å². The summed E-state index contributed by atoms with van der Waals surface area (Å²) in [4.78, 5) is 16.5. The molecule has 0 amide bonds. The Labute approximate surface area is 136 Å². The number of nitrogen functional groups attached to an aromatic ring is 1. The van der Waals surface area contributed by atoms with Crippen molar-refractivity contribution < 1.29 is 4.79 Å². The van der Waals surface area contributed by atoms with Gasteiger partial charge in [-0.25, -0.2) is 0 Å². The van der Waals surface area contributed by atoms with Crippen molar-refractivity contribution in [2.45, 2.75) is 0 Å². The molecule has 0 unspecified atom stereocenters. The minimum Gasteiger partial charge on any atom is -0.368 e. The zero-order valence-corrected chi connectivity index (χ0v) is 12.7. The molecule has 2 aromatic carbocycles. The van der Waals surface area contributed by atoms with E-state index in [0.29, 0.717) is 27.0 Å². The molecule has 0 aliphatic rings. The highest BCUT2D eigenvalue weighted by Crippen LogP contribution is 2.25. The quantitative estimate of drug-likeness (QED) is 0.779. The summed E-state index contributed by atoms with van der Waals surface area (Å²) in [7, 11) is 0. The van der Waals surface area contributed by atoms with E-state index >= 15 is 0 Å². The molecule has 22 heavy (non-hydrogen) atoms. The van der Waals surface area contributed by atoms with Gasteiger partial charge >= 0.3 is 0 Å². The van der Waals surface area contributed by atoms with Crippen molar-refractivity contribution in [3.8, 4) is 11.4 Å². The number of rotatable bonds is 2. The zero-order chi connectivity index (χ0) is 15.7. The van der Waals surface area contributed by atoms with E-state index < -0.39 is 5.91 Å². The molecule has 0 atom stereocenters. The van der Waals surface area contributed by atoms with Crippen molar-refractivity contribution in [2.24, 2.45) is 0 Å². The third-order valence-electron chi connectivity index (χ3n) is 3.01. The maximum atomic E-state index is 12.4. The summed E-state index contributed by atoms with van der Waals surface area (Å²) >= 11 is 12.0. The van der Waals surface area contributed by atoms with Crippen LogP contribution in [0.1, 0.15) is 10.4 Å². The van der Waals surface area contributed by atoms with Crippen molar-refractivity contribution >= 4 is 35.1 Å². The first-order valence-corrected chi connectivity index (χ1v) is 7.09. The number of anilines is 1. The van der Waals surface area contributed by atoms with Crippen LogP contribution in [-0.4, -0.2) is 20.7 Å². The monoisotopic (exact) mass is 332 g/mol. The van der Waals surface area contributed by atoms with Crippen LogP contribution in [0.4, 0.5) is 5.95 Å². The van der Waals surface area contributed by atoms with Crippen LogP contribution >= 0.6 is 23.2 Å². The molecule has 0 aliphatic carbocycles. The first-order valence-electron chi connectivity index (χ1n) is 6.34. The normalized spacial score (nSPS) is 10.6. The fourth-order valence-electron chi connectivity index (χ4n) is 1.97. The Morgan fingerprint density at radius 2 is 1.86 bits per heavy atom. The van der Waals surface area contributed by atoms with Crippen LogP contribution in [0, 0.1) is 0 Å². The lowest BCUT2D eigenvalue weighted by Gasteiger charge is -2.02. The first-order chi connectivity index (χ1) is 10.6. The molecule has 0 bridgehead atoms. The number of halogens is 2. The molecular formula is C15H10Cl2N4O. The highest BCUT2D eigenvalue weighted by atomic mass is 35.5. The first kappa shape index (κ1) is 14.6. The number of nitrogens with two attached hydrogens (primary N) is 1. The Kier molecular flexibility index (Phi) is 3.83. The van der Waals surface area contributed by atoms with E-state index in [1.54, 1.807) is 48.5 Å². The Morgan fingerprint density at radius 1 is 1.09 bits per heavy atom. The van der Waals surface area contributed by atoms with Crippen molar-refractivity contribution in [1.82, 2.24) is 14.8 Å². The Morgan fingerprint density at radius 3 is 2.59 bits per heavy atom. The number of aromatic nitrogens is 3. The second kappa shape index (κ2) is 5.79. The number of carbonyl (C=O) groups excluding carboxylic acids is 1. The van der Waals surface area contributed by atoms with Crippen molar-refractivity contribution in [1.29, 1.82) is 0 Å². The SMILES string of the molecule is Nc1nc(-c2ccccc2Cl)nn1C(=O)c1cccc(Cl)c1. The van der Waals surface area contributed by atoms with Gasteiger partial charge in [0.2, 0.25) is 5.95 Å². The van der Waals surface area contributed by atoms with Gasteiger partial charge in [0, 0.05) is 16.1 Å². The van der Waals surface area contributed by atoms with Crippen molar-refractivity contribution in [3.63, 3.8) is 0 Å². The molecule has 1 aromatic heterocycles. The van der Waals surface area contributed by atoms with Gasteiger partial charge in [0.15, 0.2) is 5.82 Å². The topological polar surface area (TPSA) is 73.8 Å². The lowest BCUT2D eigenvalue weighted by atomic mass is 10.2. The third kappa shape index (κ3) is 2.68. The zero-order valence-electron chi connectivity index (χ0n) is 11.2. The van der Waals surface area contributed by atoms with Crippen LogP contribution in [0.5, 0.6) is 0 Å². The van der Waals surface area contributed by atoms with Gasteiger partial charge in [-0.2, -0.15) is 9.67 Å². The molecule has 1 heterocycles. The summed E-state index contributed by atoms with van der Waals surface area (Å²) in [6.45, 7) is 0. The highest BCUT2D eigenvalue weighted by Gasteiger charge is 2.18. The molecule has 3 rings (SSSR count). The highest BCUT2D eigenvalue weighted by molar-refractivity contribution is 6.33. The van der Waals surface area contributed by atoms with E-state index in [-0.39, 0.29) is 5.95 Å². The predicted octanol–water partition coefficient (Wildman–Crippen LogP) is 3.52. The van der Waals surface area contributed by atoms with Gasteiger partial charge in [-0.1, -0.05) is 41.4 Å². The van der Waals surface area contributed by atoms with Gasteiger partial charge in [-0.15, -0.1) is 5.10 Å². The number of nitrogens with zero attached hydrogens (tertiary/aromatic N) is 3. The second-order valence-corrected chi connectivity index (χ2v) is 5.34. The molecule has 0 aliphatic heterocycles. The smallest absolute Gasteiger partial charge is 0.281 e. The molecule has 0 spiro atoms. The van der Waals surface area contributed by atoms with Crippen molar-refractivity contribution in [2.75, 3.05) is 5.73 Å². The van der Waals surface area contributed by atoms with Gasteiger partial charge in [-0.05, 0) is 30.3 Å².